The minimum atomic E-state index is 0.0175. The zero-order valence-corrected chi connectivity index (χ0v) is 6.53. The predicted octanol–water partition coefficient (Wildman–Crippen LogP) is -0.591. The largest absolute Gasteiger partial charge is 0.414 e. The number of amides is 2. The van der Waals surface area contributed by atoms with Gasteiger partial charge >= 0.3 is 6.03 Å². The van der Waals surface area contributed by atoms with Crippen LogP contribution in [-0.2, 0) is 0 Å². The summed E-state index contributed by atoms with van der Waals surface area (Å²) < 4.78 is 0. The van der Waals surface area contributed by atoms with Gasteiger partial charge in [-0.2, -0.15) is 0 Å². The Morgan fingerprint density at radius 1 is 1.67 bits per heavy atom. The molecule has 1 fully saturated rings. The maximum absolute atomic E-state index is 10.8. The number of hydrogen-bond acceptors (Lipinski definition) is 2. The molecule has 0 bridgehead atoms. The quantitative estimate of drug-likeness (QED) is 0.582. The third kappa shape index (κ3) is 1.29. The van der Waals surface area contributed by atoms with Gasteiger partial charge in [0.2, 0.25) is 0 Å². The molecule has 2 heterocycles. The van der Waals surface area contributed by atoms with Crippen molar-refractivity contribution in [3.8, 4) is 0 Å². The number of rotatable bonds is 1. The number of carbonyl (C=O) groups excluding carboxylic acids is 1. The van der Waals surface area contributed by atoms with Gasteiger partial charge in [-0.25, -0.2) is 4.79 Å². The van der Waals surface area contributed by atoms with Gasteiger partial charge in [0.15, 0.2) is 0 Å². The fourth-order valence-electron chi connectivity index (χ4n) is 1.32. The van der Waals surface area contributed by atoms with Crippen molar-refractivity contribution in [1.82, 2.24) is 10.3 Å². The molecule has 4 heteroatoms. The Bertz CT molecular complexity index is 286. The van der Waals surface area contributed by atoms with E-state index in [1.165, 1.54) is 0 Å². The topological polar surface area (TPSA) is 58.6 Å². The minimum absolute atomic E-state index is 0.0175. The summed E-state index contributed by atoms with van der Waals surface area (Å²) in [5, 5.41) is 4.50. The number of quaternary nitrogens is 1. The number of primary amides is 1. The molecule has 3 N–H and O–H groups in total. The minimum Gasteiger partial charge on any atom is -0.293 e. The van der Waals surface area contributed by atoms with Gasteiger partial charge in [0, 0.05) is 12.4 Å². The third-order valence-corrected chi connectivity index (χ3v) is 1.94. The first-order valence-corrected chi connectivity index (χ1v) is 3.90. The fraction of sp³-hybridized carbons (Fsp3) is 0.250. The Hall–Kier alpha value is -1.42. The highest BCUT2D eigenvalue weighted by Crippen LogP contribution is 2.09. The molecular weight excluding hydrogens is 154 g/mol. The second kappa shape index (κ2) is 2.91. The van der Waals surface area contributed by atoms with Crippen LogP contribution in [0.5, 0.6) is 0 Å². The van der Waals surface area contributed by atoms with E-state index in [2.05, 4.69) is 10.3 Å². The lowest BCUT2D eigenvalue weighted by atomic mass is 10.1. The molecule has 1 aromatic rings. The van der Waals surface area contributed by atoms with E-state index in [0.29, 0.717) is 0 Å². The Morgan fingerprint density at radius 2 is 2.58 bits per heavy atom. The van der Waals surface area contributed by atoms with Gasteiger partial charge in [0.05, 0.1) is 0 Å². The average molecular weight is 164 g/mol. The molecule has 2 amide bonds. The number of carbonyl (C=O) groups is 1. The smallest absolute Gasteiger partial charge is 0.293 e. The monoisotopic (exact) mass is 164 g/mol. The summed E-state index contributed by atoms with van der Waals surface area (Å²) in [6.07, 6.45) is 3.51. The Balaban J connectivity index is 2.16. The molecular formula is C8H10N3O+. The van der Waals surface area contributed by atoms with Crippen LogP contribution in [0.1, 0.15) is 11.6 Å². The number of pyridine rings is 1. The maximum Gasteiger partial charge on any atom is 0.414 e. The SMILES string of the molecule is O=C1NC(c2cccnc2)C[NH2+]1. The van der Waals surface area contributed by atoms with Crippen LogP contribution in [0.15, 0.2) is 24.5 Å². The molecule has 0 spiro atoms. The van der Waals surface area contributed by atoms with Gasteiger partial charge in [-0.15, -0.1) is 0 Å². The molecule has 0 radical (unpaired) electrons. The van der Waals surface area contributed by atoms with Gasteiger partial charge in [0.25, 0.3) is 0 Å². The van der Waals surface area contributed by atoms with Crippen LogP contribution in [0.2, 0.25) is 0 Å². The van der Waals surface area contributed by atoms with E-state index in [9.17, 15) is 4.79 Å². The van der Waals surface area contributed by atoms with Crippen molar-refractivity contribution < 1.29 is 10.1 Å². The van der Waals surface area contributed by atoms with Gasteiger partial charge in [0.1, 0.15) is 12.6 Å². The number of urea groups is 1. The van der Waals surface area contributed by atoms with E-state index in [1.54, 1.807) is 17.7 Å². The summed E-state index contributed by atoms with van der Waals surface area (Å²) in [5.41, 5.74) is 1.07. The van der Waals surface area contributed by atoms with Crippen LogP contribution in [0, 0.1) is 0 Å². The first-order valence-electron chi connectivity index (χ1n) is 3.90. The van der Waals surface area contributed by atoms with Crippen LogP contribution in [0.25, 0.3) is 0 Å². The van der Waals surface area contributed by atoms with E-state index in [4.69, 9.17) is 0 Å². The summed E-state index contributed by atoms with van der Waals surface area (Å²) in [7, 11) is 0. The predicted molar refractivity (Wildman–Crippen MR) is 42.3 cm³/mol. The summed E-state index contributed by atoms with van der Waals surface area (Å²) in [5.74, 6) is 0. The summed E-state index contributed by atoms with van der Waals surface area (Å²) in [6, 6.07) is 3.99. The fourth-order valence-corrected chi connectivity index (χ4v) is 1.32. The van der Waals surface area contributed by atoms with E-state index >= 15 is 0 Å². The van der Waals surface area contributed by atoms with Gasteiger partial charge in [-0.1, -0.05) is 6.07 Å². The normalized spacial score (nSPS) is 22.3. The first kappa shape index (κ1) is 7.24. The molecule has 1 saturated heterocycles. The van der Waals surface area contributed by atoms with Crippen LogP contribution >= 0.6 is 0 Å². The van der Waals surface area contributed by atoms with Crippen LogP contribution in [0.4, 0.5) is 4.79 Å². The number of nitrogens with one attached hydrogen (secondary N) is 1. The molecule has 0 aliphatic carbocycles. The van der Waals surface area contributed by atoms with E-state index in [1.807, 2.05) is 12.1 Å². The summed E-state index contributed by atoms with van der Waals surface area (Å²) >= 11 is 0. The number of nitrogens with zero attached hydrogens (tertiary/aromatic N) is 1. The van der Waals surface area contributed by atoms with Crippen molar-refractivity contribution >= 4 is 6.03 Å². The van der Waals surface area contributed by atoms with Crippen molar-refractivity contribution in [3.63, 3.8) is 0 Å². The lowest BCUT2D eigenvalue weighted by Gasteiger charge is -2.03. The molecule has 1 aliphatic heterocycles. The Morgan fingerprint density at radius 3 is 3.17 bits per heavy atom. The van der Waals surface area contributed by atoms with Crippen LogP contribution in [-0.4, -0.2) is 17.6 Å². The number of aromatic nitrogens is 1. The number of nitrogens with two attached hydrogens (primary N) is 1. The molecule has 0 aromatic carbocycles. The molecule has 4 nitrogen and oxygen atoms in total. The van der Waals surface area contributed by atoms with Crippen molar-refractivity contribution in [1.29, 1.82) is 0 Å². The molecule has 12 heavy (non-hydrogen) atoms. The van der Waals surface area contributed by atoms with E-state index in [0.717, 1.165) is 12.1 Å². The molecule has 1 atom stereocenters. The third-order valence-electron chi connectivity index (χ3n) is 1.94. The maximum atomic E-state index is 10.8. The van der Waals surface area contributed by atoms with Gasteiger partial charge in [-0.3, -0.25) is 15.6 Å². The second-order valence-electron chi connectivity index (χ2n) is 2.79. The summed E-state index contributed by atoms with van der Waals surface area (Å²) in [6.45, 7) is 0.768. The lowest BCUT2D eigenvalue weighted by Crippen LogP contribution is -2.85. The van der Waals surface area contributed by atoms with Gasteiger partial charge < -0.3 is 0 Å². The van der Waals surface area contributed by atoms with Crippen molar-refractivity contribution in [3.05, 3.63) is 30.1 Å². The number of hydrogen-bond donors (Lipinski definition) is 2. The molecule has 1 aliphatic rings. The highest BCUT2D eigenvalue weighted by atomic mass is 16.2. The average Bonchev–Trinajstić information content (AvgIpc) is 2.54. The first-order chi connectivity index (χ1) is 5.86. The zero-order chi connectivity index (χ0) is 8.39. The molecule has 1 aromatic heterocycles. The lowest BCUT2D eigenvalue weighted by molar-refractivity contribution is -0.542. The highest BCUT2D eigenvalue weighted by molar-refractivity contribution is 5.65. The van der Waals surface area contributed by atoms with E-state index < -0.39 is 0 Å². The highest BCUT2D eigenvalue weighted by Gasteiger charge is 2.25. The standard InChI is InChI=1S/C8H9N3O/c12-8-10-5-7(11-8)6-2-1-3-9-4-6/h1-4,7H,5H2,(H2,10,11,12)/p+1. The zero-order valence-electron chi connectivity index (χ0n) is 6.53. The molecule has 0 saturated carbocycles. The van der Waals surface area contributed by atoms with Gasteiger partial charge in [-0.05, 0) is 11.6 Å². The summed E-state index contributed by atoms with van der Waals surface area (Å²) in [4.78, 5) is 14.8. The Labute approximate surface area is 70.0 Å². The van der Waals surface area contributed by atoms with E-state index in [-0.39, 0.29) is 12.1 Å². The molecule has 2 rings (SSSR count). The molecule has 1 unspecified atom stereocenters. The van der Waals surface area contributed by atoms with Crippen LogP contribution in [0.3, 0.4) is 0 Å². The van der Waals surface area contributed by atoms with Crippen LogP contribution < -0.4 is 10.6 Å². The Kier molecular flexibility index (Phi) is 1.75. The van der Waals surface area contributed by atoms with Crippen molar-refractivity contribution in [2.24, 2.45) is 0 Å². The molecule has 62 valence electrons. The second-order valence-corrected chi connectivity index (χ2v) is 2.79. The van der Waals surface area contributed by atoms with Crippen molar-refractivity contribution in [2.45, 2.75) is 6.04 Å². The van der Waals surface area contributed by atoms with Crippen molar-refractivity contribution in [2.75, 3.05) is 6.54 Å².